The Morgan fingerprint density at radius 2 is 2.21 bits per heavy atom. The highest BCUT2D eigenvalue weighted by atomic mass is 16.2. The van der Waals surface area contributed by atoms with Crippen molar-refractivity contribution in [2.75, 3.05) is 6.54 Å². The van der Waals surface area contributed by atoms with E-state index < -0.39 is 0 Å². The van der Waals surface area contributed by atoms with Gasteiger partial charge in [-0.3, -0.25) is 4.98 Å². The lowest BCUT2D eigenvalue weighted by molar-refractivity contribution is 0.241. The normalized spacial score (nSPS) is 9.57. The van der Waals surface area contributed by atoms with Crippen LogP contribution in [0.15, 0.2) is 18.2 Å². The topological polar surface area (TPSA) is 54.0 Å². The third-order valence-corrected chi connectivity index (χ3v) is 1.71. The summed E-state index contributed by atoms with van der Waals surface area (Å²) in [4.78, 5) is 15.3. The summed E-state index contributed by atoms with van der Waals surface area (Å²) < 4.78 is 0. The Labute approximate surface area is 83.7 Å². The highest BCUT2D eigenvalue weighted by Crippen LogP contribution is 1.96. The fourth-order valence-electron chi connectivity index (χ4n) is 1.09. The van der Waals surface area contributed by atoms with Crippen molar-refractivity contribution >= 4 is 6.03 Å². The Balaban J connectivity index is 2.41. The number of amides is 2. The predicted molar refractivity (Wildman–Crippen MR) is 54.9 cm³/mol. The third-order valence-electron chi connectivity index (χ3n) is 1.71. The number of hydrogen-bond acceptors (Lipinski definition) is 2. The van der Waals surface area contributed by atoms with Crippen LogP contribution < -0.4 is 10.6 Å². The quantitative estimate of drug-likeness (QED) is 0.758. The van der Waals surface area contributed by atoms with Gasteiger partial charge in [0.15, 0.2) is 0 Å². The predicted octanol–water partition coefficient (Wildman–Crippen LogP) is 1.21. The third kappa shape index (κ3) is 3.43. The van der Waals surface area contributed by atoms with Gasteiger partial charge in [0.05, 0.1) is 12.2 Å². The second-order valence-electron chi connectivity index (χ2n) is 2.98. The van der Waals surface area contributed by atoms with E-state index in [1.807, 2.05) is 32.0 Å². The zero-order valence-electron chi connectivity index (χ0n) is 8.50. The first-order valence-corrected chi connectivity index (χ1v) is 4.66. The second-order valence-corrected chi connectivity index (χ2v) is 2.98. The van der Waals surface area contributed by atoms with Crippen LogP contribution in [0.25, 0.3) is 0 Å². The molecule has 2 amide bonds. The minimum Gasteiger partial charge on any atom is -0.338 e. The van der Waals surface area contributed by atoms with Crippen molar-refractivity contribution in [2.24, 2.45) is 0 Å². The molecular formula is C10H15N3O. The molecule has 14 heavy (non-hydrogen) atoms. The van der Waals surface area contributed by atoms with E-state index in [1.54, 1.807) is 0 Å². The first kappa shape index (κ1) is 10.5. The van der Waals surface area contributed by atoms with Gasteiger partial charge < -0.3 is 10.6 Å². The Hall–Kier alpha value is -1.58. The molecule has 0 unspecified atom stereocenters. The maximum Gasteiger partial charge on any atom is 0.315 e. The molecule has 1 aromatic rings. The highest BCUT2D eigenvalue weighted by Gasteiger charge is 1.98. The number of rotatable bonds is 3. The fourth-order valence-corrected chi connectivity index (χ4v) is 1.09. The minimum atomic E-state index is -0.157. The zero-order chi connectivity index (χ0) is 10.4. The summed E-state index contributed by atoms with van der Waals surface area (Å²) >= 11 is 0. The molecular weight excluding hydrogens is 178 g/mol. The van der Waals surface area contributed by atoms with Gasteiger partial charge in [0.2, 0.25) is 0 Å². The van der Waals surface area contributed by atoms with Crippen molar-refractivity contribution in [1.82, 2.24) is 15.6 Å². The van der Waals surface area contributed by atoms with Crippen molar-refractivity contribution in [1.29, 1.82) is 0 Å². The molecule has 4 heteroatoms. The van der Waals surface area contributed by atoms with Gasteiger partial charge in [0.1, 0.15) is 0 Å². The minimum absolute atomic E-state index is 0.157. The molecule has 0 aliphatic carbocycles. The van der Waals surface area contributed by atoms with Crippen LogP contribution in [0.1, 0.15) is 18.3 Å². The smallest absolute Gasteiger partial charge is 0.315 e. The van der Waals surface area contributed by atoms with Crippen molar-refractivity contribution in [3.8, 4) is 0 Å². The number of carbonyl (C=O) groups excluding carboxylic acids is 1. The van der Waals surface area contributed by atoms with E-state index in [0.29, 0.717) is 13.1 Å². The molecule has 0 saturated carbocycles. The summed E-state index contributed by atoms with van der Waals surface area (Å²) in [5.41, 5.74) is 1.83. The number of nitrogens with zero attached hydrogens (tertiary/aromatic N) is 1. The van der Waals surface area contributed by atoms with Gasteiger partial charge in [-0.05, 0) is 26.0 Å². The summed E-state index contributed by atoms with van der Waals surface area (Å²) in [5.74, 6) is 0. The number of nitrogens with one attached hydrogen (secondary N) is 2. The Bertz CT molecular complexity index is 312. The summed E-state index contributed by atoms with van der Waals surface area (Å²) in [6, 6.07) is 5.59. The number of aromatic nitrogens is 1. The maximum absolute atomic E-state index is 11.1. The molecule has 2 N–H and O–H groups in total. The second kappa shape index (κ2) is 5.21. The SMILES string of the molecule is CCNC(=O)NCc1cccc(C)n1. The van der Waals surface area contributed by atoms with E-state index in [1.165, 1.54) is 0 Å². The van der Waals surface area contributed by atoms with E-state index in [4.69, 9.17) is 0 Å². The van der Waals surface area contributed by atoms with Crippen LogP contribution in [0.4, 0.5) is 4.79 Å². The highest BCUT2D eigenvalue weighted by molar-refractivity contribution is 5.73. The van der Waals surface area contributed by atoms with E-state index >= 15 is 0 Å². The molecule has 1 rings (SSSR count). The Kier molecular flexibility index (Phi) is 3.91. The molecule has 0 spiro atoms. The van der Waals surface area contributed by atoms with Crippen molar-refractivity contribution in [3.05, 3.63) is 29.6 Å². The number of aryl methyl sites for hydroxylation is 1. The van der Waals surface area contributed by atoms with Crippen LogP contribution in [-0.2, 0) is 6.54 Å². The van der Waals surface area contributed by atoms with Gasteiger partial charge >= 0.3 is 6.03 Å². The molecule has 0 aliphatic heterocycles. The molecule has 0 aromatic carbocycles. The average molecular weight is 193 g/mol. The standard InChI is InChI=1S/C10H15N3O/c1-3-11-10(14)12-7-9-6-4-5-8(2)13-9/h4-6H,3,7H2,1-2H3,(H2,11,12,14). The van der Waals surface area contributed by atoms with Gasteiger partial charge in [0.25, 0.3) is 0 Å². The Morgan fingerprint density at radius 3 is 2.86 bits per heavy atom. The number of carbonyl (C=O) groups is 1. The van der Waals surface area contributed by atoms with Gasteiger partial charge in [-0.1, -0.05) is 6.07 Å². The molecule has 0 radical (unpaired) electrons. The molecule has 0 saturated heterocycles. The first-order valence-electron chi connectivity index (χ1n) is 4.66. The lowest BCUT2D eigenvalue weighted by atomic mass is 10.3. The van der Waals surface area contributed by atoms with Crippen molar-refractivity contribution < 1.29 is 4.79 Å². The molecule has 0 aliphatic rings. The lowest BCUT2D eigenvalue weighted by Crippen LogP contribution is -2.34. The van der Waals surface area contributed by atoms with Gasteiger partial charge in [-0.2, -0.15) is 0 Å². The van der Waals surface area contributed by atoms with Crippen LogP contribution >= 0.6 is 0 Å². The van der Waals surface area contributed by atoms with Gasteiger partial charge in [0, 0.05) is 12.2 Å². The van der Waals surface area contributed by atoms with E-state index in [9.17, 15) is 4.79 Å². The zero-order valence-corrected chi connectivity index (χ0v) is 8.50. The van der Waals surface area contributed by atoms with Gasteiger partial charge in [-0.15, -0.1) is 0 Å². The number of hydrogen-bond donors (Lipinski definition) is 2. The monoisotopic (exact) mass is 193 g/mol. The summed E-state index contributed by atoms with van der Waals surface area (Å²) in [6.45, 7) is 4.90. The largest absolute Gasteiger partial charge is 0.338 e. The van der Waals surface area contributed by atoms with E-state index in [2.05, 4.69) is 15.6 Å². The molecule has 0 atom stereocenters. The fraction of sp³-hybridized carbons (Fsp3) is 0.400. The average Bonchev–Trinajstić information content (AvgIpc) is 2.15. The van der Waals surface area contributed by atoms with Crippen LogP contribution in [-0.4, -0.2) is 17.6 Å². The van der Waals surface area contributed by atoms with Crippen LogP contribution in [0.3, 0.4) is 0 Å². The van der Waals surface area contributed by atoms with Crippen molar-refractivity contribution in [3.63, 3.8) is 0 Å². The molecule has 0 fully saturated rings. The lowest BCUT2D eigenvalue weighted by Gasteiger charge is -2.05. The molecule has 1 aromatic heterocycles. The van der Waals surface area contributed by atoms with E-state index in [-0.39, 0.29) is 6.03 Å². The molecule has 76 valence electrons. The van der Waals surface area contributed by atoms with Crippen LogP contribution in [0.2, 0.25) is 0 Å². The summed E-state index contributed by atoms with van der Waals surface area (Å²) in [5, 5.41) is 5.37. The maximum atomic E-state index is 11.1. The van der Waals surface area contributed by atoms with Crippen LogP contribution in [0.5, 0.6) is 0 Å². The summed E-state index contributed by atoms with van der Waals surface area (Å²) in [7, 11) is 0. The Morgan fingerprint density at radius 1 is 1.43 bits per heavy atom. The first-order chi connectivity index (χ1) is 6.72. The summed E-state index contributed by atoms with van der Waals surface area (Å²) in [6.07, 6.45) is 0. The number of pyridine rings is 1. The molecule has 4 nitrogen and oxygen atoms in total. The van der Waals surface area contributed by atoms with Crippen molar-refractivity contribution in [2.45, 2.75) is 20.4 Å². The van der Waals surface area contributed by atoms with Gasteiger partial charge in [-0.25, -0.2) is 4.79 Å². The molecule has 1 heterocycles. The van der Waals surface area contributed by atoms with E-state index in [0.717, 1.165) is 11.4 Å². The number of urea groups is 1. The van der Waals surface area contributed by atoms with Crippen LogP contribution in [0, 0.1) is 6.92 Å². The molecule has 0 bridgehead atoms.